The molecule has 0 radical (unpaired) electrons. The van der Waals surface area contributed by atoms with Gasteiger partial charge in [0.05, 0.1) is 38.1 Å². The first-order valence-electron chi connectivity index (χ1n) is 14.8. The van der Waals surface area contributed by atoms with E-state index in [2.05, 4.69) is 11.9 Å². The molecule has 2 heterocycles. The number of aliphatic hydroxyl groups is 1. The average Bonchev–Trinajstić information content (AvgIpc) is 2.99. The second kappa shape index (κ2) is 16.2. The molecule has 4 rings (SSSR count). The Morgan fingerprint density at radius 3 is 1.93 bits per heavy atom. The molecule has 2 aromatic rings. The Labute approximate surface area is 258 Å². The standard InChI is InChI=1S/C33H43NO10/c1-6-17-38-31-30(28(21(3)41-32(31)37)39-18-24-13-9-7-10-14-24)44-33-29(40-19-25-15-11-8-12-16-25)26(34-22(4)35)27(20(2)42-33)43-23(5)36/h6-16,20-21,26-33,37H,1,17-19H2,2-5H3,(H,34,35)/t20-,21+,26+,27+,28+,29-,30-,31-,32-,33-/m1/s1. The molecule has 2 N–H and O–H groups in total. The summed E-state index contributed by atoms with van der Waals surface area (Å²) in [4.78, 5) is 24.5. The number of nitrogens with one attached hydrogen (secondary N) is 1. The summed E-state index contributed by atoms with van der Waals surface area (Å²) in [5.74, 6) is -0.879. The molecule has 0 aromatic heterocycles. The number of hydrogen-bond donors (Lipinski definition) is 2. The first kappa shape index (κ1) is 33.7. The average molecular weight is 614 g/mol. The number of benzene rings is 2. The van der Waals surface area contributed by atoms with Gasteiger partial charge in [0, 0.05) is 13.8 Å². The molecule has 11 nitrogen and oxygen atoms in total. The number of rotatable bonds is 13. The predicted octanol–water partition coefficient (Wildman–Crippen LogP) is 3.03. The minimum absolute atomic E-state index is 0.115. The summed E-state index contributed by atoms with van der Waals surface area (Å²) in [6, 6.07) is 18.3. The van der Waals surface area contributed by atoms with Gasteiger partial charge in [0.2, 0.25) is 5.91 Å². The van der Waals surface area contributed by atoms with Gasteiger partial charge >= 0.3 is 5.97 Å². The van der Waals surface area contributed by atoms with Crippen LogP contribution in [0.15, 0.2) is 73.3 Å². The molecule has 0 spiro atoms. The maximum atomic E-state index is 12.4. The molecule has 240 valence electrons. The van der Waals surface area contributed by atoms with Crippen LogP contribution in [0.5, 0.6) is 0 Å². The summed E-state index contributed by atoms with van der Waals surface area (Å²) in [6.07, 6.45) is -6.56. The number of ether oxygens (including phenoxy) is 7. The molecular weight excluding hydrogens is 570 g/mol. The summed E-state index contributed by atoms with van der Waals surface area (Å²) in [5, 5.41) is 13.8. The fourth-order valence-electron chi connectivity index (χ4n) is 5.49. The first-order chi connectivity index (χ1) is 21.2. The SMILES string of the molecule is C=CCO[C@@H]1[C@H](O[C@H]2O[C@H](C)[C@H](OC(C)=O)[C@H](NC(C)=O)[C@H]2OCc2ccccc2)[C@@H](OCc2ccccc2)[C@H](C)O[C@H]1O. The first-order valence-corrected chi connectivity index (χ1v) is 14.8. The zero-order valence-electron chi connectivity index (χ0n) is 25.6. The quantitative estimate of drug-likeness (QED) is 0.257. The van der Waals surface area contributed by atoms with Crippen LogP contribution >= 0.6 is 0 Å². The Kier molecular flexibility index (Phi) is 12.4. The van der Waals surface area contributed by atoms with Gasteiger partial charge in [-0.05, 0) is 25.0 Å². The van der Waals surface area contributed by atoms with E-state index >= 15 is 0 Å². The van der Waals surface area contributed by atoms with Crippen LogP contribution in [0, 0.1) is 0 Å². The Morgan fingerprint density at radius 2 is 1.39 bits per heavy atom. The van der Waals surface area contributed by atoms with E-state index in [9.17, 15) is 14.7 Å². The van der Waals surface area contributed by atoms with E-state index in [1.54, 1.807) is 19.9 Å². The molecule has 0 saturated carbocycles. The molecule has 0 bridgehead atoms. The predicted molar refractivity (Wildman–Crippen MR) is 159 cm³/mol. The van der Waals surface area contributed by atoms with Crippen molar-refractivity contribution in [2.45, 2.75) is 102 Å². The zero-order chi connectivity index (χ0) is 31.6. The smallest absolute Gasteiger partial charge is 0.303 e. The lowest BCUT2D eigenvalue weighted by Crippen LogP contribution is -2.67. The number of carbonyl (C=O) groups excluding carboxylic acids is 2. The van der Waals surface area contributed by atoms with Crippen LogP contribution in [-0.2, 0) is 56.0 Å². The lowest BCUT2D eigenvalue weighted by Gasteiger charge is -2.49. The van der Waals surface area contributed by atoms with Crippen molar-refractivity contribution in [1.82, 2.24) is 5.32 Å². The van der Waals surface area contributed by atoms with Crippen molar-refractivity contribution >= 4 is 11.9 Å². The van der Waals surface area contributed by atoms with Crippen LogP contribution in [0.25, 0.3) is 0 Å². The van der Waals surface area contributed by atoms with Crippen molar-refractivity contribution in [2.75, 3.05) is 6.61 Å². The van der Waals surface area contributed by atoms with Gasteiger partial charge in [-0.3, -0.25) is 9.59 Å². The molecule has 11 heteroatoms. The van der Waals surface area contributed by atoms with Gasteiger partial charge in [0.1, 0.15) is 24.4 Å². The Morgan fingerprint density at radius 1 is 0.818 bits per heavy atom. The number of amides is 1. The highest BCUT2D eigenvalue weighted by Crippen LogP contribution is 2.34. The van der Waals surface area contributed by atoms with Gasteiger partial charge in [0.25, 0.3) is 0 Å². The van der Waals surface area contributed by atoms with E-state index in [1.165, 1.54) is 13.8 Å². The van der Waals surface area contributed by atoms with E-state index in [0.717, 1.165) is 11.1 Å². The molecule has 10 atom stereocenters. The van der Waals surface area contributed by atoms with Crippen LogP contribution in [0.4, 0.5) is 0 Å². The minimum atomic E-state index is -1.34. The highest BCUT2D eigenvalue weighted by atomic mass is 16.7. The van der Waals surface area contributed by atoms with Crippen molar-refractivity contribution in [1.29, 1.82) is 0 Å². The van der Waals surface area contributed by atoms with Crippen LogP contribution in [-0.4, -0.2) is 84.9 Å². The van der Waals surface area contributed by atoms with Crippen molar-refractivity contribution < 1.29 is 47.9 Å². The Hall–Kier alpha value is -3.16. The third-order valence-electron chi connectivity index (χ3n) is 7.47. The molecule has 2 saturated heterocycles. The van der Waals surface area contributed by atoms with Gasteiger partial charge in [-0.15, -0.1) is 6.58 Å². The largest absolute Gasteiger partial charge is 0.457 e. The second-order valence-electron chi connectivity index (χ2n) is 11.0. The van der Waals surface area contributed by atoms with Crippen molar-refractivity contribution in [2.24, 2.45) is 0 Å². The molecule has 2 aromatic carbocycles. The molecule has 2 fully saturated rings. The topological polar surface area (TPSA) is 131 Å². The van der Waals surface area contributed by atoms with Gasteiger partial charge in [-0.1, -0.05) is 66.7 Å². The van der Waals surface area contributed by atoms with Gasteiger partial charge in [0.15, 0.2) is 18.7 Å². The fourth-order valence-corrected chi connectivity index (χ4v) is 5.49. The molecule has 1 amide bonds. The van der Waals surface area contributed by atoms with E-state index in [-0.39, 0.29) is 25.7 Å². The van der Waals surface area contributed by atoms with E-state index in [4.69, 9.17) is 33.2 Å². The molecule has 0 unspecified atom stereocenters. The molecular formula is C33H43NO10. The van der Waals surface area contributed by atoms with Gasteiger partial charge < -0.3 is 43.6 Å². The highest BCUT2D eigenvalue weighted by molar-refractivity contribution is 5.73. The van der Waals surface area contributed by atoms with Crippen LogP contribution in [0.2, 0.25) is 0 Å². The Bertz CT molecular complexity index is 1200. The summed E-state index contributed by atoms with van der Waals surface area (Å²) in [7, 11) is 0. The summed E-state index contributed by atoms with van der Waals surface area (Å²) >= 11 is 0. The number of carbonyl (C=O) groups is 2. The normalized spacial score (nSPS) is 32.0. The Balaban J connectivity index is 1.67. The highest BCUT2D eigenvalue weighted by Gasteiger charge is 2.53. The lowest BCUT2D eigenvalue weighted by molar-refractivity contribution is -0.354. The lowest BCUT2D eigenvalue weighted by atomic mass is 9.94. The van der Waals surface area contributed by atoms with E-state index < -0.39 is 67.3 Å². The summed E-state index contributed by atoms with van der Waals surface area (Å²) in [6.45, 7) is 10.4. The minimum Gasteiger partial charge on any atom is -0.457 e. The van der Waals surface area contributed by atoms with Gasteiger partial charge in [-0.25, -0.2) is 0 Å². The van der Waals surface area contributed by atoms with Crippen LogP contribution < -0.4 is 5.32 Å². The van der Waals surface area contributed by atoms with Crippen LogP contribution in [0.1, 0.15) is 38.8 Å². The van der Waals surface area contributed by atoms with E-state index in [1.807, 2.05) is 60.7 Å². The maximum Gasteiger partial charge on any atom is 0.303 e. The maximum absolute atomic E-state index is 12.4. The third kappa shape index (κ3) is 8.95. The number of esters is 1. The van der Waals surface area contributed by atoms with Crippen molar-refractivity contribution in [3.63, 3.8) is 0 Å². The van der Waals surface area contributed by atoms with Crippen LogP contribution in [0.3, 0.4) is 0 Å². The molecule has 2 aliphatic rings. The molecule has 44 heavy (non-hydrogen) atoms. The van der Waals surface area contributed by atoms with E-state index in [0.29, 0.717) is 0 Å². The molecule has 0 aliphatic carbocycles. The zero-order valence-corrected chi connectivity index (χ0v) is 25.6. The second-order valence-corrected chi connectivity index (χ2v) is 11.0. The summed E-state index contributed by atoms with van der Waals surface area (Å²) < 4.78 is 43.1. The number of aliphatic hydroxyl groups excluding tert-OH is 1. The summed E-state index contributed by atoms with van der Waals surface area (Å²) in [5.41, 5.74) is 1.82. The molecule has 2 aliphatic heterocycles. The monoisotopic (exact) mass is 613 g/mol. The fraction of sp³-hybridized carbons (Fsp3) is 0.515. The van der Waals surface area contributed by atoms with Gasteiger partial charge in [-0.2, -0.15) is 0 Å². The number of hydrogen-bond acceptors (Lipinski definition) is 10. The third-order valence-corrected chi connectivity index (χ3v) is 7.47. The van der Waals surface area contributed by atoms with Crippen molar-refractivity contribution in [3.8, 4) is 0 Å². The van der Waals surface area contributed by atoms with Crippen molar-refractivity contribution in [3.05, 3.63) is 84.4 Å².